The number of carbonyl (C=O) groups excluding carboxylic acids is 1. The van der Waals surface area contributed by atoms with Crippen LogP contribution in [0.25, 0.3) is 0 Å². The monoisotopic (exact) mass is 532 g/mol. The zero-order valence-corrected chi connectivity index (χ0v) is 25.2. The van der Waals surface area contributed by atoms with Crippen molar-refractivity contribution in [3.8, 4) is 11.5 Å². The van der Waals surface area contributed by atoms with Gasteiger partial charge in [0.15, 0.2) is 11.5 Å². The molecule has 0 spiro atoms. The van der Waals surface area contributed by atoms with Crippen LogP contribution in [-0.2, 0) is 11.2 Å². The molecular formula is C33H60N2O3. The van der Waals surface area contributed by atoms with Crippen LogP contribution in [0.5, 0.6) is 11.5 Å². The van der Waals surface area contributed by atoms with E-state index >= 15 is 0 Å². The maximum atomic E-state index is 10.5. The lowest BCUT2D eigenvalue weighted by atomic mass is 10.0. The van der Waals surface area contributed by atoms with E-state index in [1.807, 2.05) is 19.9 Å². The van der Waals surface area contributed by atoms with Crippen molar-refractivity contribution in [2.24, 2.45) is 5.73 Å². The van der Waals surface area contributed by atoms with Crippen molar-refractivity contribution in [1.82, 2.24) is 4.90 Å². The van der Waals surface area contributed by atoms with Gasteiger partial charge >= 0.3 is 0 Å². The number of ether oxygens (including phenoxy) is 2. The molecule has 0 aromatic heterocycles. The van der Waals surface area contributed by atoms with E-state index in [1.54, 1.807) is 0 Å². The topological polar surface area (TPSA) is 64.8 Å². The van der Waals surface area contributed by atoms with Gasteiger partial charge in [0, 0.05) is 6.42 Å². The molecule has 0 aliphatic carbocycles. The molecule has 2 N–H and O–H groups in total. The summed E-state index contributed by atoms with van der Waals surface area (Å²) in [5.41, 5.74) is 6.45. The first-order valence-electron chi connectivity index (χ1n) is 16.1. The average Bonchev–Trinajstić information content (AvgIpc) is 3.46. The number of benzene rings is 1. The van der Waals surface area contributed by atoms with Crippen molar-refractivity contribution in [2.75, 3.05) is 32.8 Å². The van der Waals surface area contributed by atoms with E-state index in [9.17, 15) is 4.79 Å². The molecule has 1 fully saturated rings. The molecule has 38 heavy (non-hydrogen) atoms. The molecule has 0 bridgehead atoms. The van der Waals surface area contributed by atoms with Crippen LogP contribution in [0.2, 0.25) is 0 Å². The van der Waals surface area contributed by atoms with Crippen LogP contribution in [0, 0.1) is 0 Å². The number of hydrogen-bond acceptors (Lipinski definition) is 4. The number of unbranched alkanes of at least 4 members (excludes halogenated alkanes) is 12. The molecule has 1 saturated heterocycles. The van der Waals surface area contributed by atoms with E-state index in [0.717, 1.165) is 24.3 Å². The standard InChI is InChI=1S/C16H33NO.C15H21NO2.C2H6/c1-2-3-4-5-6-7-8-9-10-11-12-13-14-15-16(17)18;1-2-8-16(7-1)9-3-4-13-5-6-14-15(12-13)18-11-10-17-14;1-2/h2-15H2,1H3,(H2,17,18);5-6,12H,1-4,7-11H2;1-2H3. The predicted octanol–water partition coefficient (Wildman–Crippen LogP) is 8.47. The van der Waals surface area contributed by atoms with Crippen molar-refractivity contribution >= 4 is 5.91 Å². The number of primary amides is 1. The van der Waals surface area contributed by atoms with Crippen LogP contribution in [0.15, 0.2) is 18.2 Å². The zero-order chi connectivity index (χ0) is 27.7. The second-order valence-corrected chi connectivity index (χ2v) is 10.6. The van der Waals surface area contributed by atoms with Gasteiger partial charge in [-0.25, -0.2) is 0 Å². The lowest BCUT2D eigenvalue weighted by molar-refractivity contribution is -0.118. The van der Waals surface area contributed by atoms with Crippen molar-refractivity contribution in [3.63, 3.8) is 0 Å². The van der Waals surface area contributed by atoms with Gasteiger partial charge in [0.2, 0.25) is 5.91 Å². The molecule has 0 saturated carbocycles. The number of nitrogens with zero attached hydrogens (tertiary/aromatic N) is 1. The SMILES string of the molecule is CC.CCCCCCCCCCCCCCCC(N)=O.c1cc2c(cc1CCCN1CCCC1)OCCO2. The highest BCUT2D eigenvalue weighted by atomic mass is 16.6. The lowest BCUT2D eigenvalue weighted by Crippen LogP contribution is -2.20. The summed E-state index contributed by atoms with van der Waals surface area (Å²) in [6, 6.07) is 6.34. The molecule has 5 nitrogen and oxygen atoms in total. The number of amides is 1. The normalized spacial score (nSPS) is 14.3. The van der Waals surface area contributed by atoms with E-state index in [-0.39, 0.29) is 5.91 Å². The van der Waals surface area contributed by atoms with E-state index in [1.165, 1.54) is 122 Å². The summed E-state index contributed by atoms with van der Waals surface area (Å²) in [6.07, 6.45) is 23.1. The van der Waals surface area contributed by atoms with Crippen LogP contribution < -0.4 is 15.2 Å². The van der Waals surface area contributed by atoms with Crippen LogP contribution in [-0.4, -0.2) is 43.7 Å². The minimum Gasteiger partial charge on any atom is -0.486 e. The lowest BCUT2D eigenvalue weighted by Gasteiger charge is -2.19. The largest absolute Gasteiger partial charge is 0.486 e. The Hall–Kier alpha value is -1.75. The second kappa shape index (κ2) is 24.3. The molecule has 1 amide bonds. The summed E-state index contributed by atoms with van der Waals surface area (Å²) in [5.74, 6) is 1.66. The van der Waals surface area contributed by atoms with E-state index in [4.69, 9.17) is 15.2 Å². The average molecular weight is 533 g/mol. The van der Waals surface area contributed by atoms with Gasteiger partial charge < -0.3 is 20.1 Å². The molecule has 0 radical (unpaired) electrons. The maximum Gasteiger partial charge on any atom is 0.217 e. The number of carbonyl (C=O) groups is 1. The number of aryl methyl sites for hydroxylation is 1. The van der Waals surface area contributed by atoms with E-state index in [0.29, 0.717) is 19.6 Å². The van der Waals surface area contributed by atoms with Gasteiger partial charge in [-0.3, -0.25) is 4.79 Å². The number of hydrogen-bond donors (Lipinski definition) is 1. The third kappa shape index (κ3) is 17.7. The highest BCUT2D eigenvalue weighted by Gasteiger charge is 2.13. The fourth-order valence-electron chi connectivity index (χ4n) is 5.07. The van der Waals surface area contributed by atoms with Crippen molar-refractivity contribution in [3.05, 3.63) is 23.8 Å². The summed E-state index contributed by atoms with van der Waals surface area (Å²) in [4.78, 5) is 13.1. The van der Waals surface area contributed by atoms with Crippen LogP contribution >= 0.6 is 0 Å². The van der Waals surface area contributed by atoms with Crippen LogP contribution in [0.3, 0.4) is 0 Å². The molecule has 2 heterocycles. The van der Waals surface area contributed by atoms with Gasteiger partial charge in [0.25, 0.3) is 0 Å². The second-order valence-electron chi connectivity index (χ2n) is 10.6. The first kappa shape index (κ1) is 34.3. The Labute approximate surface area is 235 Å². The third-order valence-corrected chi connectivity index (χ3v) is 7.27. The summed E-state index contributed by atoms with van der Waals surface area (Å²) in [5, 5.41) is 0. The Morgan fingerprint density at radius 3 is 1.84 bits per heavy atom. The molecule has 1 aromatic carbocycles. The van der Waals surface area contributed by atoms with Crippen molar-refractivity contribution in [2.45, 2.75) is 136 Å². The molecule has 2 aliphatic rings. The van der Waals surface area contributed by atoms with Gasteiger partial charge in [-0.15, -0.1) is 0 Å². The summed E-state index contributed by atoms with van der Waals surface area (Å²) >= 11 is 0. The molecule has 5 heteroatoms. The van der Waals surface area contributed by atoms with Gasteiger partial charge in [-0.05, 0) is 69.4 Å². The molecule has 1 aromatic rings. The van der Waals surface area contributed by atoms with Crippen LogP contribution in [0.1, 0.15) is 135 Å². The Balaban J connectivity index is 0.000000357. The zero-order valence-electron chi connectivity index (χ0n) is 25.2. The van der Waals surface area contributed by atoms with Gasteiger partial charge in [0.1, 0.15) is 13.2 Å². The number of likely N-dealkylation sites (tertiary alicyclic amines) is 1. The molecule has 2 aliphatic heterocycles. The minimum absolute atomic E-state index is 0.155. The quantitative estimate of drug-likeness (QED) is 0.193. The molecular weight excluding hydrogens is 472 g/mol. The number of nitrogens with two attached hydrogens (primary N) is 1. The third-order valence-electron chi connectivity index (χ3n) is 7.27. The predicted molar refractivity (Wildman–Crippen MR) is 162 cm³/mol. The summed E-state index contributed by atoms with van der Waals surface area (Å²) < 4.78 is 11.1. The minimum atomic E-state index is -0.155. The van der Waals surface area contributed by atoms with Crippen LogP contribution in [0.4, 0.5) is 0 Å². The maximum absolute atomic E-state index is 10.5. The highest BCUT2D eigenvalue weighted by Crippen LogP contribution is 2.31. The molecule has 220 valence electrons. The fraction of sp³-hybridized carbons (Fsp3) is 0.788. The molecule has 0 atom stereocenters. The highest BCUT2D eigenvalue weighted by molar-refractivity contribution is 5.73. The van der Waals surface area contributed by atoms with Gasteiger partial charge in [0.05, 0.1) is 0 Å². The smallest absolute Gasteiger partial charge is 0.217 e. The Kier molecular flexibility index (Phi) is 21.9. The van der Waals surface area contributed by atoms with E-state index in [2.05, 4.69) is 24.0 Å². The summed E-state index contributed by atoms with van der Waals surface area (Å²) in [6.45, 7) is 11.4. The first-order chi connectivity index (χ1) is 18.7. The van der Waals surface area contributed by atoms with Crippen molar-refractivity contribution < 1.29 is 14.3 Å². The van der Waals surface area contributed by atoms with E-state index < -0.39 is 0 Å². The fourth-order valence-corrected chi connectivity index (χ4v) is 5.07. The van der Waals surface area contributed by atoms with Crippen molar-refractivity contribution in [1.29, 1.82) is 0 Å². The molecule has 0 unspecified atom stereocenters. The molecule has 3 rings (SSSR count). The first-order valence-corrected chi connectivity index (χ1v) is 16.1. The van der Waals surface area contributed by atoms with Gasteiger partial charge in [-0.2, -0.15) is 0 Å². The van der Waals surface area contributed by atoms with Gasteiger partial charge in [-0.1, -0.05) is 104 Å². The number of fused-ring (bicyclic) bond motifs is 1. The summed E-state index contributed by atoms with van der Waals surface area (Å²) in [7, 11) is 0. The Bertz CT molecular complexity index is 689. The Morgan fingerprint density at radius 1 is 0.763 bits per heavy atom. The Morgan fingerprint density at radius 2 is 1.29 bits per heavy atom. The number of rotatable bonds is 18.